The number of methoxy groups -OCH3 is 1. The number of halogens is 1. The first-order chi connectivity index (χ1) is 13.1. The second-order valence-corrected chi connectivity index (χ2v) is 6.50. The van der Waals surface area contributed by atoms with Gasteiger partial charge in [-0.05, 0) is 70.5 Å². The molecule has 0 fully saturated rings. The summed E-state index contributed by atoms with van der Waals surface area (Å²) >= 11 is 3.36. The number of hydrogen-bond donors (Lipinski definition) is 2. The highest BCUT2D eigenvalue weighted by Gasteiger charge is 2.10. The van der Waals surface area contributed by atoms with Gasteiger partial charge in [-0.2, -0.15) is 0 Å². The Balaban J connectivity index is 1.60. The lowest BCUT2D eigenvalue weighted by Gasteiger charge is -2.09. The maximum Gasteiger partial charge on any atom is 0.255 e. The lowest BCUT2D eigenvalue weighted by atomic mass is 10.1. The highest BCUT2D eigenvalue weighted by molar-refractivity contribution is 9.10. The van der Waals surface area contributed by atoms with Crippen molar-refractivity contribution in [3.63, 3.8) is 0 Å². The predicted molar refractivity (Wildman–Crippen MR) is 105 cm³/mol. The van der Waals surface area contributed by atoms with Crippen molar-refractivity contribution in [3.05, 3.63) is 82.2 Å². The van der Waals surface area contributed by atoms with E-state index in [1.165, 1.54) is 0 Å². The maximum atomic E-state index is 12.4. The number of rotatable bonds is 6. The largest absolute Gasteiger partial charge is 0.496 e. The molecule has 2 aromatic carbocycles. The molecule has 3 rings (SSSR count). The lowest BCUT2D eigenvalue weighted by molar-refractivity contribution is 0.0947. The minimum absolute atomic E-state index is 0.219. The molecule has 0 spiro atoms. The number of hydrogen-bond acceptors (Lipinski definition) is 4. The molecule has 2 N–H and O–H groups in total. The van der Waals surface area contributed by atoms with E-state index in [0.717, 1.165) is 0 Å². The normalized spacial score (nSPS) is 10.3. The molecule has 0 atom stereocenters. The SMILES string of the molecule is COc1ccc(C(=O)Nc2ccc(C(=O)NCc3ccco3)cc2)cc1Br. The van der Waals surface area contributed by atoms with Crippen LogP contribution in [0, 0.1) is 0 Å². The zero-order valence-corrected chi connectivity index (χ0v) is 16.1. The number of furan rings is 1. The lowest BCUT2D eigenvalue weighted by Crippen LogP contribution is -2.22. The second kappa shape index (κ2) is 8.55. The van der Waals surface area contributed by atoms with Gasteiger partial charge in [-0.1, -0.05) is 0 Å². The molecule has 0 aliphatic carbocycles. The van der Waals surface area contributed by atoms with Crippen molar-refractivity contribution >= 4 is 33.4 Å². The monoisotopic (exact) mass is 428 g/mol. The summed E-state index contributed by atoms with van der Waals surface area (Å²) in [6.45, 7) is 0.316. The molecule has 138 valence electrons. The topological polar surface area (TPSA) is 80.6 Å². The molecule has 7 heteroatoms. The molecular weight excluding hydrogens is 412 g/mol. The summed E-state index contributed by atoms with van der Waals surface area (Å²) in [5.41, 5.74) is 1.57. The van der Waals surface area contributed by atoms with Crippen LogP contribution in [0.3, 0.4) is 0 Å². The third-order valence-electron chi connectivity index (χ3n) is 3.82. The van der Waals surface area contributed by atoms with Gasteiger partial charge in [0, 0.05) is 16.8 Å². The minimum Gasteiger partial charge on any atom is -0.496 e. The van der Waals surface area contributed by atoms with E-state index in [1.807, 2.05) is 0 Å². The Labute approximate surface area is 164 Å². The van der Waals surface area contributed by atoms with Gasteiger partial charge < -0.3 is 19.8 Å². The minimum atomic E-state index is -0.256. The van der Waals surface area contributed by atoms with Crippen molar-refractivity contribution in [2.45, 2.75) is 6.54 Å². The summed E-state index contributed by atoms with van der Waals surface area (Å²) in [5, 5.41) is 5.56. The second-order valence-electron chi connectivity index (χ2n) is 5.64. The molecule has 3 aromatic rings. The van der Waals surface area contributed by atoms with E-state index in [-0.39, 0.29) is 11.8 Å². The molecule has 0 bridgehead atoms. The van der Waals surface area contributed by atoms with Gasteiger partial charge in [0.15, 0.2) is 0 Å². The first kappa shape index (κ1) is 18.7. The van der Waals surface area contributed by atoms with Gasteiger partial charge in [-0.25, -0.2) is 0 Å². The maximum absolute atomic E-state index is 12.4. The fourth-order valence-corrected chi connectivity index (χ4v) is 2.94. The van der Waals surface area contributed by atoms with E-state index in [1.54, 1.807) is 68.0 Å². The third-order valence-corrected chi connectivity index (χ3v) is 4.44. The number of amides is 2. The Hall–Kier alpha value is -3.06. The van der Waals surface area contributed by atoms with Gasteiger partial charge >= 0.3 is 0 Å². The van der Waals surface area contributed by atoms with E-state index in [4.69, 9.17) is 9.15 Å². The number of carbonyl (C=O) groups excluding carboxylic acids is 2. The van der Waals surface area contributed by atoms with Crippen LogP contribution in [-0.2, 0) is 6.54 Å². The van der Waals surface area contributed by atoms with Crippen LogP contribution < -0.4 is 15.4 Å². The number of anilines is 1. The summed E-state index contributed by atoms with van der Waals surface area (Å²) in [5.74, 6) is 0.853. The molecule has 2 amide bonds. The average Bonchev–Trinajstić information content (AvgIpc) is 3.20. The van der Waals surface area contributed by atoms with Gasteiger partial charge in [-0.15, -0.1) is 0 Å². The fraction of sp³-hybridized carbons (Fsp3) is 0.100. The van der Waals surface area contributed by atoms with E-state index in [0.29, 0.717) is 39.3 Å². The highest BCUT2D eigenvalue weighted by atomic mass is 79.9. The van der Waals surface area contributed by atoms with Crippen LogP contribution in [0.5, 0.6) is 5.75 Å². The predicted octanol–water partition coefficient (Wildman–Crippen LogP) is 4.23. The highest BCUT2D eigenvalue weighted by Crippen LogP contribution is 2.26. The van der Waals surface area contributed by atoms with Crippen LogP contribution in [0.15, 0.2) is 69.8 Å². The number of ether oxygens (including phenoxy) is 1. The van der Waals surface area contributed by atoms with Crippen LogP contribution >= 0.6 is 15.9 Å². The molecule has 0 radical (unpaired) electrons. The first-order valence-corrected chi connectivity index (χ1v) is 8.91. The molecule has 0 aliphatic heterocycles. The number of nitrogens with one attached hydrogen (secondary N) is 2. The number of carbonyl (C=O) groups is 2. The summed E-state index contributed by atoms with van der Waals surface area (Å²) in [6.07, 6.45) is 1.56. The quantitative estimate of drug-likeness (QED) is 0.615. The standard InChI is InChI=1S/C20H17BrN2O4/c1-26-18-9-6-14(11-17(18)21)20(25)23-15-7-4-13(5-8-15)19(24)22-12-16-3-2-10-27-16/h2-11H,12H2,1H3,(H,22,24)(H,23,25). The van der Waals surface area contributed by atoms with Gasteiger partial charge in [0.05, 0.1) is 24.4 Å². The van der Waals surface area contributed by atoms with Crippen molar-refractivity contribution < 1.29 is 18.7 Å². The van der Waals surface area contributed by atoms with Gasteiger partial charge in [0.25, 0.3) is 11.8 Å². The van der Waals surface area contributed by atoms with Gasteiger partial charge in [0.1, 0.15) is 11.5 Å². The Bertz CT molecular complexity index is 937. The zero-order chi connectivity index (χ0) is 19.2. The Morgan fingerprint density at radius 2 is 1.78 bits per heavy atom. The van der Waals surface area contributed by atoms with Crippen LogP contribution in [0.4, 0.5) is 5.69 Å². The van der Waals surface area contributed by atoms with Crippen molar-refractivity contribution in [2.24, 2.45) is 0 Å². The first-order valence-electron chi connectivity index (χ1n) is 8.12. The molecule has 0 aliphatic rings. The Morgan fingerprint density at radius 3 is 2.41 bits per heavy atom. The summed E-state index contributed by atoms with van der Waals surface area (Å²) < 4.78 is 11.0. The number of benzene rings is 2. The summed E-state index contributed by atoms with van der Waals surface area (Å²) in [6, 6.07) is 15.3. The van der Waals surface area contributed by atoms with Crippen LogP contribution in [0.1, 0.15) is 26.5 Å². The molecule has 0 unspecified atom stereocenters. The van der Waals surface area contributed by atoms with E-state index < -0.39 is 0 Å². The van der Waals surface area contributed by atoms with Crippen molar-refractivity contribution in [2.75, 3.05) is 12.4 Å². The van der Waals surface area contributed by atoms with Crippen molar-refractivity contribution in [1.29, 1.82) is 0 Å². The van der Waals surface area contributed by atoms with E-state index in [9.17, 15) is 9.59 Å². The van der Waals surface area contributed by atoms with Crippen LogP contribution in [0.2, 0.25) is 0 Å². The molecule has 6 nitrogen and oxygen atoms in total. The smallest absolute Gasteiger partial charge is 0.255 e. The molecule has 0 saturated carbocycles. The Morgan fingerprint density at radius 1 is 1.04 bits per heavy atom. The molecule has 0 saturated heterocycles. The summed E-state index contributed by atoms with van der Waals surface area (Å²) in [4.78, 5) is 24.5. The molecule has 1 aromatic heterocycles. The van der Waals surface area contributed by atoms with Crippen LogP contribution in [0.25, 0.3) is 0 Å². The van der Waals surface area contributed by atoms with Gasteiger partial charge in [-0.3, -0.25) is 9.59 Å². The molecule has 1 heterocycles. The Kier molecular flexibility index (Phi) is 5.93. The fourth-order valence-electron chi connectivity index (χ4n) is 2.40. The average molecular weight is 429 g/mol. The molecule has 27 heavy (non-hydrogen) atoms. The zero-order valence-electron chi connectivity index (χ0n) is 14.5. The van der Waals surface area contributed by atoms with Crippen molar-refractivity contribution in [1.82, 2.24) is 5.32 Å². The van der Waals surface area contributed by atoms with E-state index >= 15 is 0 Å². The molecular formula is C20H17BrN2O4. The summed E-state index contributed by atoms with van der Waals surface area (Å²) in [7, 11) is 1.56. The third kappa shape index (κ3) is 4.77. The van der Waals surface area contributed by atoms with Crippen LogP contribution in [-0.4, -0.2) is 18.9 Å². The van der Waals surface area contributed by atoms with Crippen molar-refractivity contribution in [3.8, 4) is 5.75 Å². The van der Waals surface area contributed by atoms with E-state index in [2.05, 4.69) is 26.6 Å². The van der Waals surface area contributed by atoms with Gasteiger partial charge in [0.2, 0.25) is 0 Å².